The third-order valence-corrected chi connectivity index (χ3v) is 3.35. The second-order valence-electron chi connectivity index (χ2n) is 4.39. The topological polar surface area (TPSA) is 20.3 Å². The molecule has 1 saturated heterocycles. The Kier molecular flexibility index (Phi) is 3.49. The zero-order valence-electron chi connectivity index (χ0n) is 9.45. The van der Waals surface area contributed by atoms with Crippen molar-refractivity contribution >= 4 is 17.5 Å². The van der Waals surface area contributed by atoms with Crippen LogP contribution in [0.3, 0.4) is 0 Å². The van der Waals surface area contributed by atoms with E-state index in [4.69, 9.17) is 11.6 Å². The normalized spacial score (nSPS) is 20.1. The Morgan fingerprint density at radius 3 is 3.00 bits per heavy atom. The van der Waals surface area contributed by atoms with Crippen LogP contribution >= 0.6 is 11.6 Å². The van der Waals surface area contributed by atoms with Gasteiger partial charge in [-0.3, -0.25) is 4.79 Å². The number of rotatable bonds is 2. The van der Waals surface area contributed by atoms with Gasteiger partial charge in [-0.2, -0.15) is 0 Å². The number of hydrogen-bond acceptors (Lipinski definition) is 1. The van der Waals surface area contributed by atoms with Crippen LogP contribution in [-0.4, -0.2) is 23.4 Å². The van der Waals surface area contributed by atoms with Crippen molar-refractivity contribution in [3.63, 3.8) is 0 Å². The van der Waals surface area contributed by atoms with Gasteiger partial charge in [-0.1, -0.05) is 23.7 Å². The minimum absolute atomic E-state index is 0.215. The maximum absolute atomic E-state index is 12.0. The number of hydrogen-bond donors (Lipinski definition) is 0. The Balaban J connectivity index is 2.02. The second kappa shape index (κ2) is 4.88. The van der Waals surface area contributed by atoms with Crippen molar-refractivity contribution in [2.75, 3.05) is 6.54 Å². The third kappa shape index (κ3) is 2.56. The Bertz CT molecular complexity index is 391. The summed E-state index contributed by atoms with van der Waals surface area (Å²) in [6, 6.07) is 7.92. The highest BCUT2D eigenvalue weighted by Gasteiger charge is 2.24. The molecule has 0 aromatic heterocycles. The quantitative estimate of drug-likeness (QED) is 0.775. The minimum Gasteiger partial charge on any atom is -0.340 e. The van der Waals surface area contributed by atoms with Crippen molar-refractivity contribution in [2.45, 2.75) is 32.2 Å². The molecular formula is C13H16ClNO. The average molecular weight is 238 g/mol. The number of amides is 1. The summed E-state index contributed by atoms with van der Waals surface area (Å²) in [7, 11) is 0. The Morgan fingerprint density at radius 2 is 2.38 bits per heavy atom. The predicted octanol–water partition coefficient (Wildman–Crippen LogP) is 2.89. The molecule has 1 unspecified atom stereocenters. The van der Waals surface area contributed by atoms with Crippen molar-refractivity contribution in [1.82, 2.24) is 4.90 Å². The van der Waals surface area contributed by atoms with E-state index >= 15 is 0 Å². The number of halogens is 1. The zero-order chi connectivity index (χ0) is 11.5. The maximum Gasteiger partial charge on any atom is 0.227 e. The molecule has 1 fully saturated rings. The standard InChI is InChI=1S/C13H16ClNO/c1-10-4-3-7-15(10)13(16)9-11-5-2-6-12(14)8-11/h2,5-6,8,10H,3-4,7,9H2,1H3. The molecule has 16 heavy (non-hydrogen) atoms. The molecule has 1 heterocycles. The second-order valence-corrected chi connectivity index (χ2v) is 4.82. The number of nitrogens with zero attached hydrogens (tertiary/aromatic N) is 1. The SMILES string of the molecule is CC1CCCN1C(=O)Cc1cccc(Cl)c1. The van der Waals surface area contributed by atoms with Crippen molar-refractivity contribution in [3.05, 3.63) is 34.9 Å². The lowest BCUT2D eigenvalue weighted by Crippen LogP contribution is -2.34. The summed E-state index contributed by atoms with van der Waals surface area (Å²) in [5, 5.41) is 0.694. The van der Waals surface area contributed by atoms with Crippen LogP contribution in [0.4, 0.5) is 0 Å². The van der Waals surface area contributed by atoms with Gasteiger partial charge in [0.15, 0.2) is 0 Å². The fourth-order valence-corrected chi connectivity index (χ4v) is 2.44. The van der Waals surface area contributed by atoms with E-state index in [1.165, 1.54) is 0 Å². The van der Waals surface area contributed by atoms with Gasteiger partial charge in [0.1, 0.15) is 0 Å². The van der Waals surface area contributed by atoms with E-state index in [0.29, 0.717) is 17.5 Å². The van der Waals surface area contributed by atoms with E-state index in [-0.39, 0.29) is 5.91 Å². The van der Waals surface area contributed by atoms with Crippen molar-refractivity contribution < 1.29 is 4.79 Å². The Labute approximate surface area is 101 Å². The van der Waals surface area contributed by atoms with Crippen LogP contribution in [0.5, 0.6) is 0 Å². The van der Waals surface area contributed by atoms with Crippen LogP contribution in [0, 0.1) is 0 Å². The summed E-state index contributed by atoms with van der Waals surface area (Å²) in [6.45, 7) is 3.02. The number of likely N-dealkylation sites (tertiary alicyclic amines) is 1. The number of carbonyl (C=O) groups excluding carboxylic acids is 1. The molecule has 0 saturated carbocycles. The molecule has 1 aliphatic rings. The lowest BCUT2D eigenvalue weighted by atomic mass is 10.1. The molecule has 1 atom stereocenters. The summed E-state index contributed by atoms with van der Waals surface area (Å²) < 4.78 is 0. The monoisotopic (exact) mass is 237 g/mol. The smallest absolute Gasteiger partial charge is 0.227 e. The van der Waals surface area contributed by atoms with Gasteiger partial charge in [-0.15, -0.1) is 0 Å². The van der Waals surface area contributed by atoms with Crippen molar-refractivity contribution in [1.29, 1.82) is 0 Å². The van der Waals surface area contributed by atoms with Crippen LogP contribution in [0.1, 0.15) is 25.3 Å². The van der Waals surface area contributed by atoms with E-state index in [1.807, 2.05) is 29.2 Å². The average Bonchev–Trinajstić information content (AvgIpc) is 2.64. The fourth-order valence-electron chi connectivity index (χ4n) is 2.23. The lowest BCUT2D eigenvalue weighted by molar-refractivity contribution is -0.130. The van der Waals surface area contributed by atoms with E-state index in [1.54, 1.807) is 0 Å². The van der Waals surface area contributed by atoms with Crippen LogP contribution in [0.2, 0.25) is 5.02 Å². The molecule has 0 spiro atoms. The number of carbonyl (C=O) groups is 1. The van der Waals surface area contributed by atoms with Gasteiger partial charge in [0, 0.05) is 17.6 Å². The molecule has 86 valence electrons. The van der Waals surface area contributed by atoms with Crippen LogP contribution in [0.15, 0.2) is 24.3 Å². The first-order valence-electron chi connectivity index (χ1n) is 5.71. The Hall–Kier alpha value is -1.02. The van der Waals surface area contributed by atoms with Gasteiger partial charge in [-0.25, -0.2) is 0 Å². The number of benzene rings is 1. The zero-order valence-corrected chi connectivity index (χ0v) is 10.2. The highest BCUT2D eigenvalue weighted by atomic mass is 35.5. The molecule has 1 aromatic rings. The summed E-state index contributed by atoms with van der Waals surface area (Å²) in [6.07, 6.45) is 2.72. The first-order valence-corrected chi connectivity index (χ1v) is 6.08. The maximum atomic E-state index is 12.0. The van der Waals surface area contributed by atoms with E-state index < -0.39 is 0 Å². The molecule has 0 bridgehead atoms. The molecule has 1 aliphatic heterocycles. The summed E-state index contributed by atoms with van der Waals surface area (Å²) in [5.41, 5.74) is 0.997. The summed E-state index contributed by atoms with van der Waals surface area (Å²) in [5.74, 6) is 0.215. The van der Waals surface area contributed by atoms with E-state index in [9.17, 15) is 4.79 Å². The molecule has 1 amide bonds. The fraction of sp³-hybridized carbons (Fsp3) is 0.462. The van der Waals surface area contributed by atoms with Crippen LogP contribution < -0.4 is 0 Å². The molecule has 0 N–H and O–H groups in total. The minimum atomic E-state index is 0.215. The first-order chi connectivity index (χ1) is 7.66. The van der Waals surface area contributed by atoms with Gasteiger partial charge >= 0.3 is 0 Å². The predicted molar refractivity (Wildman–Crippen MR) is 65.6 cm³/mol. The Morgan fingerprint density at radius 1 is 1.56 bits per heavy atom. The summed E-state index contributed by atoms with van der Waals surface area (Å²) >= 11 is 5.89. The van der Waals surface area contributed by atoms with Gasteiger partial charge in [0.25, 0.3) is 0 Å². The summed E-state index contributed by atoms with van der Waals surface area (Å²) in [4.78, 5) is 14.0. The van der Waals surface area contributed by atoms with Crippen LogP contribution in [-0.2, 0) is 11.2 Å². The molecule has 1 aromatic carbocycles. The van der Waals surface area contributed by atoms with Gasteiger partial charge in [-0.05, 0) is 37.5 Å². The molecule has 2 rings (SSSR count). The molecule has 0 aliphatic carbocycles. The third-order valence-electron chi connectivity index (χ3n) is 3.12. The lowest BCUT2D eigenvalue weighted by Gasteiger charge is -2.21. The van der Waals surface area contributed by atoms with Gasteiger partial charge < -0.3 is 4.90 Å². The van der Waals surface area contributed by atoms with E-state index in [0.717, 1.165) is 24.9 Å². The van der Waals surface area contributed by atoms with Gasteiger partial charge in [0.05, 0.1) is 6.42 Å². The molecule has 0 radical (unpaired) electrons. The van der Waals surface area contributed by atoms with Gasteiger partial charge in [0.2, 0.25) is 5.91 Å². The molecular weight excluding hydrogens is 222 g/mol. The van der Waals surface area contributed by atoms with E-state index in [2.05, 4.69) is 6.92 Å². The highest BCUT2D eigenvalue weighted by Crippen LogP contribution is 2.18. The molecule has 2 nitrogen and oxygen atoms in total. The van der Waals surface area contributed by atoms with Crippen molar-refractivity contribution in [3.8, 4) is 0 Å². The van der Waals surface area contributed by atoms with Crippen LogP contribution in [0.25, 0.3) is 0 Å². The molecule has 3 heteroatoms. The first kappa shape index (κ1) is 11.5. The largest absolute Gasteiger partial charge is 0.340 e. The highest BCUT2D eigenvalue weighted by molar-refractivity contribution is 6.30. The van der Waals surface area contributed by atoms with Crippen molar-refractivity contribution in [2.24, 2.45) is 0 Å².